The number of aliphatic hydroxyl groups excluding tert-OH is 8. The summed E-state index contributed by atoms with van der Waals surface area (Å²) < 4.78 is 200. The van der Waals surface area contributed by atoms with E-state index >= 15 is 0 Å². The molecule has 0 bridgehead atoms. The van der Waals surface area contributed by atoms with E-state index in [1.54, 1.807) is 48.1 Å². The molecule has 141 heavy (non-hydrogen) atoms. The molecule has 56 nitrogen and oxygen atoms in total. The lowest BCUT2D eigenvalue weighted by molar-refractivity contribution is -0.0554. The van der Waals surface area contributed by atoms with Crippen molar-refractivity contribution in [1.29, 1.82) is 0 Å². The molecule has 0 saturated carbocycles. The first-order chi connectivity index (χ1) is 65.4. The monoisotopic (exact) mass is 2160 g/mol. The number of halogens is 4. The molecule has 774 valence electrons. The van der Waals surface area contributed by atoms with Gasteiger partial charge in [-0.3, -0.25) is 96.9 Å². The molecule has 10 aromatic rings. The number of ether oxygens (including phenoxy) is 4. The largest absolute Gasteiger partial charge is 0.387 e. The molecular weight excluding hydrogens is 2070 g/mol. The molecular formula is C73H89F4N11O45P8. The summed E-state index contributed by atoms with van der Waals surface area (Å²) >= 11 is 0. The first kappa shape index (κ1) is 112. The van der Waals surface area contributed by atoms with Gasteiger partial charge in [-0.15, -0.1) is 0 Å². The summed E-state index contributed by atoms with van der Waals surface area (Å²) in [6.07, 6.45) is -22.3. The van der Waals surface area contributed by atoms with E-state index in [0.717, 1.165) is 107 Å². The molecule has 4 saturated heterocycles. The van der Waals surface area contributed by atoms with Crippen LogP contribution in [0.2, 0.25) is 0 Å². The van der Waals surface area contributed by atoms with Crippen molar-refractivity contribution in [3.05, 3.63) is 264 Å². The van der Waals surface area contributed by atoms with E-state index in [1.165, 1.54) is 18.2 Å². The van der Waals surface area contributed by atoms with Gasteiger partial charge in [0.2, 0.25) is 0 Å². The predicted octanol–water partition coefficient (Wildman–Crippen LogP) is -2.70. The third-order valence-corrected chi connectivity index (χ3v) is 34.9. The van der Waals surface area contributed by atoms with Crippen LogP contribution in [-0.2, 0) is 119 Å². The number of alkyl halides is 2. The standard InChI is InChI=1S/C19H24N4O11P2.2C18H22F2N2O11P2.C18H21N3O12P2/c1-21-13-5-3-2-4-11(13)12(20-21)8-23-15(24)6-7-22(19(23)27)18-17(26)16(25)14(34-18)9-33-36(31,32)10-35(28,29)30;19-11-2-1-10(12(20)7-11)3-5-21-14(23)4-6-22(18(21)26)17-16(25)15(24)13(33-17)8-32-35(30,31)9-34(27,28)29;19-18(20,11-4-2-1-3-5-11)9-22-13(23)6-7-21(17(22)26)16-15(25)14(24)12(33-16)8-32-35(30,31)10-34(27,28)29;22-14-5-6-20(18(25)21(14)7-11-10-3-1-2-4-12(10)33-19-11)17-16(24)15(23)13(32-17)8-31-35(29,30)9-34(26,27)28/h2-7,14,16-18,25-26H,8-10H2,1H3,(H,31,32)(H2,28,29,30);1-2,4,6-7,13,15-17,24-25H,3,5,8-9H2,(H,30,31)(H2,27,28,29);1-7,12,14-16,24-25H,8-10H2,(H,30,31)(H2,27,28,29);1-6,13,15-17,23-24H,7-9H2,(H,29,30)(H2,26,27,28)/t14-,16?,17+,18-;13-,15?,16+,17-;12-,14?,15+,16-;13-,15?,16+,17-/m1111/s1. The molecule has 0 spiro atoms. The molecule has 20 N–H and O–H groups in total. The Morgan fingerprint density at radius 2 is 0.716 bits per heavy atom. The Kier molecular flexibility index (Phi) is 35.8. The minimum atomic E-state index is -4.92. The Morgan fingerprint density at radius 3 is 1.09 bits per heavy atom. The van der Waals surface area contributed by atoms with E-state index in [-0.39, 0.29) is 36.2 Å². The molecule has 4 aliphatic rings. The topological polar surface area (TPSA) is 835 Å². The molecule has 68 heteroatoms. The number of aromatic nitrogens is 11. The summed E-state index contributed by atoms with van der Waals surface area (Å²) in [6, 6.07) is 27.2. The van der Waals surface area contributed by atoms with Gasteiger partial charge in [0.15, 0.2) is 54.1 Å². The average molecular weight is 2160 g/mol. The van der Waals surface area contributed by atoms with Crippen LogP contribution in [0.4, 0.5) is 17.6 Å². The number of nitrogens with zero attached hydrogens (tertiary/aromatic N) is 11. The highest BCUT2D eigenvalue weighted by atomic mass is 31.3. The minimum absolute atomic E-state index is 0.0432. The Bertz CT molecular complexity index is 7160. The van der Waals surface area contributed by atoms with E-state index in [4.69, 9.17) is 62.6 Å². The number of fused-ring (bicyclic) bond motifs is 2. The number of hydrogen-bond acceptors (Lipinski definition) is 35. The van der Waals surface area contributed by atoms with Crippen LogP contribution in [0.15, 0.2) is 189 Å². The Hall–Kier alpha value is -9.02. The number of rotatable bonds is 34. The average Bonchev–Trinajstić information content (AvgIpc) is 1.06. The van der Waals surface area contributed by atoms with Crippen LogP contribution in [-0.4, -0.2) is 274 Å². The number of aliphatic hydroxyl groups is 8. The number of para-hydroxylation sites is 2. The van der Waals surface area contributed by atoms with E-state index in [2.05, 4.69) is 28.4 Å². The number of hydrogen-bond donors (Lipinski definition) is 20. The highest BCUT2D eigenvalue weighted by molar-refractivity contribution is 7.71. The molecule has 14 rings (SSSR count). The predicted molar refractivity (Wildman–Crippen MR) is 468 cm³/mol. The molecule has 4 fully saturated rings. The van der Waals surface area contributed by atoms with Gasteiger partial charge in [0.1, 0.15) is 90.6 Å². The van der Waals surface area contributed by atoms with Crippen LogP contribution < -0.4 is 45.0 Å². The fraction of sp³-hybridized carbons (Fsp3) is 0.425. The van der Waals surface area contributed by atoms with Crippen molar-refractivity contribution in [2.75, 3.05) is 50.0 Å². The maximum Gasteiger partial charge on any atom is 0.340 e. The fourth-order valence-electron chi connectivity index (χ4n) is 14.5. The maximum atomic E-state index is 14.7. The minimum Gasteiger partial charge on any atom is -0.387 e. The van der Waals surface area contributed by atoms with Gasteiger partial charge in [0, 0.05) is 85.0 Å². The molecule has 10 heterocycles. The summed E-state index contributed by atoms with van der Waals surface area (Å²) in [4.78, 5) is 210. The Morgan fingerprint density at radius 1 is 0.390 bits per heavy atom. The van der Waals surface area contributed by atoms with Crippen LogP contribution >= 0.6 is 60.8 Å². The third kappa shape index (κ3) is 28.8. The normalized spacial score (nSPS) is 24.5. The lowest BCUT2D eigenvalue weighted by Crippen LogP contribution is -2.45. The second-order valence-electron chi connectivity index (χ2n) is 31.7. The van der Waals surface area contributed by atoms with E-state index in [0.29, 0.717) is 37.6 Å². The van der Waals surface area contributed by atoms with Crippen LogP contribution in [0.25, 0.3) is 21.9 Å². The summed E-state index contributed by atoms with van der Waals surface area (Å²) in [6.45, 7) is -5.49. The SMILES string of the molecule is Cn1nc(Cn2c(=O)ccn([C@@H]3O[C@H](COP(=O)(O)CP(=O)(O)O)C(O)[C@@H]3O)c2=O)c2ccccc21.O=c1ccn([C@@H]2O[C@H](COP(=O)(O)CP(=O)(O)O)C(O)[C@@H]2O)c(=O)n1CC(F)(F)c1ccccc1.O=c1ccn([C@@H]2O[C@H](COP(=O)(O)CP(=O)(O)O)C(O)[C@@H]2O)c(=O)n1CCc1ccc(F)cc1F.O=c1ccn([C@@H]2O[C@H](COP(=O)(O)CP(=O)(O)O)C(O)[C@@H]2O)c(=O)n1Cc1noc2ccccc12. The maximum absolute atomic E-state index is 14.7. The van der Waals surface area contributed by atoms with Crippen molar-refractivity contribution in [1.82, 2.24) is 51.5 Å². The number of benzene rings is 4. The molecule has 8 unspecified atom stereocenters. The lowest BCUT2D eigenvalue weighted by atomic mass is 10.1. The summed E-state index contributed by atoms with van der Waals surface area (Å²) in [5.41, 5.74) is -5.61. The zero-order valence-electron chi connectivity index (χ0n) is 71.9. The first-order valence-electron chi connectivity index (χ1n) is 40.4. The van der Waals surface area contributed by atoms with Gasteiger partial charge in [-0.05, 0) is 36.2 Å². The number of aryl methyl sites for hydroxylation is 2. The van der Waals surface area contributed by atoms with Crippen molar-refractivity contribution in [2.24, 2.45) is 7.05 Å². The molecule has 0 aliphatic carbocycles. The van der Waals surface area contributed by atoms with Crippen molar-refractivity contribution in [3.8, 4) is 0 Å². The summed E-state index contributed by atoms with van der Waals surface area (Å²) in [7, 11) is -36.9. The second kappa shape index (κ2) is 44.9. The van der Waals surface area contributed by atoms with Crippen LogP contribution in [0.3, 0.4) is 0 Å². The smallest absolute Gasteiger partial charge is 0.340 e. The van der Waals surface area contributed by atoms with Gasteiger partial charge >= 0.3 is 83.5 Å². The fourth-order valence-corrected chi connectivity index (χ4v) is 24.7. The Balaban J connectivity index is 0.000000180. The summed E-state index contributed by atoms with van der Waals surface area (Å²) in [5, 5.41) is 92.1. The molecule has 6 aromatic heterocycles. The van der Waals surface area contributed by atoms with E-state index < -0.39 is 284 Å². The molecule has 4 aromatic carbocycles. The van der Waals surface area contributed by atoms with Gasteiger partial charge in [-0.2, -0.15) is 13.9 Å². The highest BCUT2D eigenvalue weighted by Gasteiger charge is 2.51. The van der Waals surface area contributed by atoms with E-state index in [1.807, 2.05) is 12.1 Å². The third-order valence-electron chi connectivity index (χ3n) is 21.1. The summed E-state index contributed by atoms with van der Waals surface area (Å²) in [5.74, 6) is -11.2. The van der Waals surface area contributed by atoms with Crippen molar-refractivity contribution in [3.63, 3.8) is 0 Å². The lowest BCUT2D eigenvalue weighted by Gasteiger charge is -2.21. The second-order valence-corrected chi connectivity index (χ2v) is 47.7. The zero-order chi connectivity index (χ0) is 104. The van der Waals surface area contributed by atoms with Crippen molar-refractivity contribution < 1.29 is 195 Å². The first-order valence-corrected chi connectivity index (χ1v) is 54.7. The highest BCUT2D eigenvalue weighted by Crippen LogP contribution is 2.59. The van der Waals surface area contributed by atoms with E-state index in [9.17, 15) is 153 Å². The molecule has 0 radical (unpaired) electrons. The van der Waals surface area contributed by atoms with Gasteiger partial charge in [-0.1, -0.05) is 71.9 Å². The van der Waals surface area contributed by atoms with Crippen molar-refractivity contribution >= 4 is 82.6 Å². The Labute approximate surface area is 783 Å². The van der Waals surface area contributed by atoms with Crippen LogP contribution in [0, 0.1) is 11.6 Å². The van der Waals surface area contributed by atoms with Gasteiger partial charge in [-0.25, -0.2) is 28.0 Å². The van der Waals surface area contributed by atoms with Crippen LogP contribution in [0.1, 0.15) is 47.4 Å². The van der Waals surface area contributed by atoms with Gasteiger partial charge in [0.25, 0.3) is 28.2 Å². The molecule has 4 aliphatic heterocycles. The zero-order valence-corrected chi connectivity index (χ0v) is 79.1. The quantitative estimate of drug-likeness (QED) is 0.0144. The van der Waals surface area contributed by atoms with Gasteiger partial charge < -0.3 is 141 Å². The van der Waals surface area contributed by atoms with Gasteiger partial charge in [0.05, 0.1) is 57.3 Å². The molecule has 0 amide bonds. The van der Waals surface area contributed by atoms with Crippen molar-refractivity contribution in [2.45, 2.75) is 137 Å². The molecule has 20 atom stereocenters. The van der Waals surface area contributed by atoms with Crippen LogP contribution in [0.5, 0.6) is 0 Å².